The molecular formula is C63H106O9. The minimum atomic E-state index is -1.55. The van der Waals surface area contributed by atoms with E-state index >= 15 is 0 Å². The summed E-state index contributed by atoms with van der Waals surface area (Å²) in [4.78, 5) is 12.9. The fraction of sp³-hybridized carbons (Fsp3) is 0.698. The molecule has 72 heavy (non-hydrogen) atoms. The van der Waals surface area contributed by atoms with Gasteiger partial charge in [-0.25, -0.2) is 0 Å². The van der Waals surface area contributed by atoms with E-state index in [0.717, 1.165) is 96.3 Å². The first-order valence-corrected chi connectivity index (χ1v) is 29.0. The maximum absolute atomic E-state index is 12.9. The number of aliphatic hydroxyl groups is 4. The standard InChI is InChI=1S/C63H106O9/c1-3-5-7-9-11-13-15-17-19-21-23-25-27-28-29-31-33-35-37-39-41-43-45-47-49-51-53-69-55-57(56-70-63-62(68)61(67)60(66)58(54-64)72-63)71-59(65)52-50-48-46-44-42-40-38-36-34-32-30-26-24-22-20-18-16-14-12-10-8-6-4-2/h5-8,11-14,17-20,23-26,28-29,57-58,60-64,66-68H,3-4,9-10,15-16,21-22,27,30-56H2,1-2H3/b7-5-,8-6-,13-11-,14-12-,19-17-,20-18-,25-23-,26-24-,29-28-. The molecular weight excluding hydrogens is 901 g/mol. The molecule has 1 aliphatic rings. The lowest BCUT2D eigenvalue weighted by Crippen LogP contribution is -2.59. The first-order valence-electron chi connectivity index (χ1n) is 29.0. The van der Waals surface area contributed by atoms with E-state index in [2.05, 4.69) is 123 Å². The Morgan fingerprint density at radius 2 is 0.806 bits per heavy atom. The van der Waals surface area contributed by atoms with Crippen molar-refractivity contribution >= 4 is 5.97 Å². The van der Waals surface area contributed by atoms with Crippen LogP contribution in [0.1, 0.15) is 219 Å². The lowest BCUT2D eigenvalue weighted by molar-refractivity contribution is -0.305. The van der Waals surface area contributed by atoms with Gasteiger partial charge in [0, 0.05) is 13.0 Å². The zero-order valence-corrected chi connectivity index (χ0v) is 45.6. The molecule has 1 fully saturated rings. The highest BCUT2D eigenvalue weighted by Crippen LogP contribution is 2.23. The molecule has 0 spiro atoms. The smallest absolute Gasteiger partial charge is 0.306 e. The summed E-state index contributed by atoms with van der Waals surface area (Å²) < 4.78 is 23.0. The van der Waals surface area contributed by atoms with E-state index in [1.807, 2.05) is 0 Å². The summed E-state index contributed by atoms with van der Waals surface area (Å²) in [5.41, 5.74) is 0. The quantitative estimate of drug-likeness (QED) is 0.0267. The second kappa shape index (κ2) is 52.7. The summed E-state index contributed by atoms with van der Waals surface area (Å²) in [6.07, 6.45) is 68.4. The molecule has 9 heteroatoms. The average Bonchev–Trinajstić information content (AvgIpc) is 3.38. The molecule has 9 nitrogen and oxygen atoms in total. The second-order valence-corrected chi connectivity index (χ2v) is 19.3. The van der Waals surface area contributed by atoms with Crippen LogP contribution >= 0.6 is 0 Å². The summed E-state index contributed by atoms with van der Waals surface area (Å²) in [5.74, 6) is -0.323. The van der Waals surface area contributed by atoms with Crippen LogP contribution in [0.25, 0.3) is 0 Å². The zero-order valence-electron chi connectivity index (χ0n) is 45.6. The highest BCUT2D eigenvalue weighted by molar-refractivity contribution is 5.69. The minimum absolute atomic E-state index is 0.123. The van der Waals surface area contributed by atoms with Crippen molar-refractivity contribution in [1.82, 2.24) is 0 Å². The molecule has 0 amide bonds. The third kappa shape index (κ3) is 42.2. The van der Waals surface area contributed by atoms with E-state index in [0.29, 0.717) is 13.0 Å². The number of hydrogen-bond donors (Lipinski definition) is 4. The van der Waals surface area contributed by atoms with Gasteiger partial charge in [-0.05, 0) is 96.3 Å². The molecule has 0 aromatic carbocycles. The number of carbonyl (C=O) groups excluding carboxylic acids is 1. The van der Waals surface area contributed by atoms with E-state index in [4.69, 9.17) is 18.9 Å². The Morgan fingerprint density at radius 1 is 0.444 bits per heavy atom. The van der Waals surface area contributed by atoms with Gasteiger partial charge in [0.1, 0.15) is 30.5 Å². The summed E-state index contributed by atoms with van der Waals surface area (Å²) in [6, 6.07) is 0. The monoisotopic (exact) mass is 1010 g/mol. The van der Waals surface area contributed by atoms with Gasteiger partial charge in [0.05, 0.1) is 19.8 Å². The lowest BCUT2D eigenvalue weighted by Gasteiger charge is -2.39. The number of rotatable bonds is 49. The van der Waals surface area contributed by atoms with Gasteiger partial charge in [-0.15, -0.1) is 0 Å². The van der Waals surface area contributed by atoms with Crippen molar-refractivity contribution in [2.24, 2.45) is 0 Å². The molecule has 412 valence electrons. The number of hydrogen-bond acceptors (Lipinski definition) is 9. The largest absolute Gasteiger partial charge is 0.457 e. The van der Waals surface area contributed by atoms with Crippen molar-refractivity contribution in [1.29, 1.82) is 0 Å². The van der Waals surface area contributed by atoms with Crippen molar-refractivity contribution in [2.75, 3.05) is 26.4 Å². The first-order chi connectivity index (χ1) is 35.4. The van der Waals surface area contributed by atoms with E-state index in [1.165, 1.54) is 103 Å². The predicted molar refractivity (Wildman–Crippen MR) is 302 cm³/mol. The maximum Gasteiger partial charge on any atom is 0.306 e. The number of ether oxygens (including phenoxy) is 4. The Labute approximate surface area is 440 Å². The Hall–Kier alpha value is -3.15. The van der Waals surface area contributed by atoms with E-state index in [1.54, 1.807) is 0 Å². The molecule has 1 heterocycles. The molecule has 0 radical (unpaired) electrons. The van der Waals surface area contributed by atoms with Crippen LogP contribution in [0.2, 0.25) is 0 Å². The Kier molecular flexibility index (Phi) is 48.9. The fourth-order valence-electron chi connectivity index (χ4n) is 8.28. The summed E-state index contributed by atoms with van der Waals surface area (Å²) in [6.45, 7) is 4.32. The molecule has 0 aromatic heterocycles. The van der Waals surface area contributed by atoms with E-state index < -0.39 is 43.4 Å². The Bertz CT molecular complexity index is 1470. The molecule has 0 bridgehead atoms. The number of allylic oxidation sites excluding steroid dienone is 18. The normalized spacial score (nSPS) is 19.6. The van der Waals surface area contributed by atoms with Gasteiger partial charge < -0.3 is 39.4 Å². The van der Waals surface area contributed by atoms with Crippen LogP contribution in [-0.4, -0.2) is 89.6 Å². The SMILES string of the molecule is CC/C=C\C/C=C\C/C=C\C/C=C\C/C=C\CCCCCCCCCCCCOCC(COC1OC(CO)C(O)C(O)C1O)OC(=O)CCCCCCCCCCCC/C=C\C/C=C\C/C=C\C/C=C\CC. The number of aliphatic hydroxyl groups excluding tert-OH is 4. The van der Waals surface area contributed by atoms with Gasteiger partial charge >= 0.3 is 5.97 Å². The minimum Gasteiger partial charge on any atom is -0.457 e. The molecule has 1 aliphatic heterocycles. The van der Waals surface area contributed by atoms with Gasteiger partial charge in [-0.3, -0.25) is 4.79 Å². The van der Waals surface area contributed by atoms with Crippen LogP contribution in [0.15, 0.2) is 109 Å². The van der Waals surface area contributed by atoms with Crippen molar-refractivity contribution in [2.45, 2.75) is 256 Å². The highest BCUT2D eigenvalue weighted by atomic mass is 16.7. The molecule has 0 aromatic rings. The Morgan fingerprint density at radius 3 is 1.21 bits per heavy atom. The van der Waals surface area contributed by atoms with Crippen molar-refractivity contribution in [3.63, 3.8) is 0 Å². The number of esters is 1. The number of carbonyl (C=O) groups is 1. The topological polar surface area (TPSA) is 135 Å². The molecule has 4 N–H and O–H groups in total. The second-order valence-electron chi connectivity index (χ2n) is 19.3. The van der Waals surface area contributed by atoms with Crippen LogP contribution in [0.5, 0.6) is 0 Å². The van der Waals surface area contributed by atoms with Gasteiger partial charge in [-0.2, -0.15) is 0 Å². The molecule has 0 saturated carbocycles. The third-order valence-electron chi connectivity index (χ3n) is 12.7. The van der Waals surface area contributed by atoms with Gasteiger partial charge in [0.25, 0.3) is 0 Å². The third-order valence-corrected chi connectivity index (χ3v) is 12.7. The maximum atomic E-state index is 12.9. The molecule has 0 aliphatic carbocycles. The van der Waals surface area contributed by atoms with Crippen LogP contribution < -0.4 is 0 Å². The van der Waals surface area contributed by atoms with E-state index in [9.17, 15) is 25.2 Å². The van der Waals surface area contributed by atoms with Crippen molar-refractivity contribution in [3.05, 3.63) is 109 Å². The van der Waals surface area contributed by atoms with E-state index in [-0.39, 0.29) is 19.2 Å². The lowest BCUT2D eigenvalue weighted by atomic mass is 9.99. The average molecular weight is 1010 g/mol. The van der Waals surface area contributed by atoms with Crippen LogP contribution in [0, 0.1) is 0 Å². The van der Waals surface area contributed by atoms with Gasteiger partial charge in [0.15, 0.2) is 6.29 Å². The summed E-state index contributed by atoms with van der Waals surface area (Å²) >= 11 is 0. The number of unbranched alkanes of at least 4 members (excludes halogenated alkanes) is 20. The van der Waals surface area contributed by atoms with Crippen molar-refractivity contribution in [3.8, 4) is 0 Å². The Balaban J connectivity index is 2.17. The molecule has 1 saturated heterocycles. The van der Waals surface area contributed by atoms with Gasteiger partial charge in [-0.1, -0.05) is 226 Å². The molecule has 6 atom stereocenters. The molecule has 6 unspecified atom stereocenters. The summed E-state index contributed by atoms with van der Waals surface area (Å²) in [7, 11) is 0. The predicted octanol–water partition coefficient (Wildman–Crippen LogP) is 15.3. The first kappa shape index (κ1) is 66.9. The van der Waals surface area contributed by atoms with Crippen LogP contribution in [0.4, 0.5) is 0 Å². The van der Waals surface area contributed by atoms with Gasteiger partial charge in [0.2, 0.25) is 0 Å². The van der Waals surface area contributed by atoms with Crippen LogP contribution in [-0.2, 0) is 23.7 Å². The van der Waals surface area contributed by atoms with Crippen molar-refractivity contribution < 1.29 is 44.2 Å². The fourth-order valence-corrected chi connectivity index (χ4v) is 8.28. The zero-order chi connectivity index (χ0) is 52.1. The molecule has 1 rings (SSSR count). The van der Waals surface area contributed by atoms with Crippen LogP contribution in [0.3, 0.4) is 0 Å². The summed E-state index contributed by atoms with van der Waals surface area (Å²) in [5, 5.41) is 40.4. The highest BCUT2D eigenvalue weighted by Gasteiger charge is 2.44.